The lowest BCUT2D eigenvalue weighted by Crippen LogP contribution is -2.03. The van der Waals surface area contributed by atoms with Crippen LogP contribution >= 0.6 is 0 Å². The molecule has 0 amide bonds. The van der Waals surface area contributed by atoms with E-state index in [-0.39, 0.29) is 5.43 Å². The molecule has 22 heavy (non-hydrogen) atoms. The maximum absolute atomic E-state index is 12.6. The Hall–Kier alpha value is -3.35. The van der Waals surface area contributed by atoms with Gasteiger partial charge in [-0.05, 0) is 40.8 Å². The number of pyridine rings is 1. The largest absolute Gasteiger partial charge is 0.437 e. The number of benzene rings is 1. The van der Waals surface area contributed by atoms with Gasteiger partial charge in [-0.15, -0.1) is 5.10 Å². The molecule has 0 saturated carbocycles. The lowest BCUT2D eigenvalue weighted by molar-refractivity contribution is 0.645. The molecule has 7 heteroatoms. The minimum absolute atomic E-state index is 0.135. The van der Waals surface area contributed by atoms with Crippen LogP contribution in [0.15, 0.2) is 52.3 Å². The molecule has 0 fully saturated rings. The zero-order chi connectivity index (χ0) is 15.1. The highest BCUT2D eigenvalue weighted by molar-refractivity contribution is 5.90. The number of hydrogen-bond acceptors (Lipinski definition) is 6. The molecule has 0 atom stereocenters. The van der Waals surface area contributed by atoms with Crippen molar-refractivity contribution in [2.75, 3.05) is 0 Å². The molecule has 0 radical (unpaired) electrons. The van der Waals surface area contributed by atoms with E-state index in [0.29, 0.717) is 33.5 Å². The van der Waals surface area contributed by atoms with E-state index in [4.69, 9.17) is 4.42 Å². The van der Waals surface area contributed by atoms with Gasteiger partial charge < -0.3 is 4.42 Å². The molecule has 0 aliphatic carbocycles. The van der Waals surface area contributed by atoms with Crippen molar-refractivity contribution in [3.63, 3.8) is 0 Å². The predicted molar refractivity (Wildman–Crippen MR) is 81.0 cm³/mol. The zero-order valence-corrected chi connectivity index (χ0v) is 11.3. The normalized spacial score (nSPS) is 11.1. The maximum atomic E-state index is 12.6. The van der Waals surface area contributed by atoms with Gasteiger partial charge in [-0.1, -0.05) is 6.58 Å². The third-order valence-electron chi connectivity index (χ3n) is 3.37. The fraction of sp³-hybridized carbons (Fsp3) is 0. The molecule has 0 bridgehead atoms. The first kappa shape index (κ1) is 12.4. The number of fused-ring (bicyclic) bond motifs is 2. The molecule has 106 valence electrons. The molecule has 3 aromatic heterocycles. The van der Waals surface area contributed by atoms with Crippen LogP contribution in [0.1, 0.15) is 0 Å². The second kappa shape index (κ2) is 4.59. The van der Waals surface area contributed by atoms with Crippen LogP contribution in [0.5, 0.6) is 0 Å². The monoisotopic (exact) mass is 291 g/mol. The van der Waals surface area contributed by atoms with E-state index in [0.717, 1.165) is 0 Å². The summed E-state index contributed by atoms with van der Waals surface area (Å²) >= 11 is 0. The highest BCUT2D eigenvalue weighted by Crippen LogP contribution is 2.23. The highest BCUT2D eigenvalue weighted by Gasteiger charge is 2.12. The Labute approximate surface area is 123 Å². The fourth-order valence-electron chi connectivity index (χ4n) is 2.34. The summed E-state index contributed by atoms with van der Waals surface area (Å²) in [5.41, 5.74) is 1.36. The third-order valence-corrected chi connectivity index (χ3v) is 3.37. The number of tetrazole rings is 1. The van der Waals surface area contributed by atoms with Gasteiger partial charge >= 0.3 is 0 Å². The topological polar surface area (TPSA) is 86.7 Å². The van der Waals surface area contributed by atoms with Crippen LogP contribution in [0, 0.1) is 0 Å². The third kappa shape index (κ3) is 1.72. The van der Waals surface area contributed by atoms with Gasteiger partial charge in [-0.2, -0.15) is 0 Å². The minimum atomic E-state index is -0.135. The van der Waals surface area contributed by atoms with Crippen molar-refractivity contribution >= 4 is 28.3 Å². The van der Waals surface area contributed by atoms with Crippen molar-refractivity contribution in [2.24, 2.45) is 0 Å². The second-order valence-electron chi connectivity index (χ2n) is 4.63. The first-order valence-electron chi connectivity index (χ1n) is 6.50. The summed E-state index contributed by atoms with van der Waals surface area (Å²) in [6, 6.07) is 8.59. The van der Waals surface area contributed by atoms with Gasteiger partial charge in [0.15, 0.2) is 5.82 Å². The average Bonchev–Trinajstić information content (AvgIpc) is 3.03. The summed E-state index contributed by atoms with van der Waals surface area (Å²) in [4.78, 5) is 16.7. The summed E-state index contributed by atoms with van der Waals surface area (Å²) in [5.74, 6) is 0.502. The van der Waals surface area contributed by atoms with Gasteiger partial charge in [0.2, 0.25) is 11.1 Å². The maximum Gasteiger partial charge on any atom is 0.230 e. The van der Waals surface area contributed by atoms with Gasteiger partial charge in [0.1, 0.15) is 5.58 Å². The Kier molecular flexibility index (Phi) is 2.59. The molecule has 4 aromatic rings. The van der Waals surface area contributed by atoms with E-state index in [1.54, 1.807) is 36.5 Å². The summed E-state index contributed by atoms with van der Waals surface area (Å²) < 4.78 is 7.10. The lowest BCUT2D eigenvalue weighted by atomic mass is 10.1. The molecule has 0 saturated heterocycles. The molecule has 7 nitrogen and oxygen atoms in total. The number of rotatable bonds is 2. The second-order valence-corrected chi connectivity index (χ2v) is 4.63. The SMILES string of the molecule is C=Cn1nnnc1-c1ccc2oc3ncccc3c(=O)c2c1. The molecule has 4 rings (SSSR count). The Morgan fingerprint density at radius 1 is 1.23 bits per heavy atom. The number of hydrogen-bond donors (Lipinski definition) is 0. The van der Waals surface area contributed by atoms with Crippen molar-refractivity contribution in [3.8, 4) is 11.4 Å². The summed E-state index contributed by atoms with van der Waals surface area (Å²) in [5, 5.41) is 12.2. The van der Waals surface area contributed by atoms with Gasteiger partial charge in [-0.25, -0.2) is 9.67 Å². The van der Waals surface area contributed by atoms with Crippen molar-refractivity contribution in [2.45, 2.75) is 0 Å². The summed E-state index contributed by atoms with van der Waals surface area (Å²) in [7, 11) is 0. The van der Waals surface area contributed by atoms with Crippen molar-refractivity contribution < 1.29 is 4.42 Å². The van der Waals surface area contributed by atoms with E-state index < -0.39 is 0 Å². The predicted octanol–water partition coefficient (Wildman–Crippen LogP) is 2.10. The van der Waals surface area contributed by atoms with E-state index in [1.807, 2.05) is 0 Å². The van der Waals surface area contributed by atoms with Gasteiger partial charge in [0.05, 0.1) is 10.8 Å². The number of nitrogens with zero attached hydrogens (tertiary/aromatic N) is 5. The molecule has 0 unspecified atom stereocenters. The van der Waals surface area contributed by atoms with Crippen LogP contribution in [0.3, 0.4) is 0 Å². The van der Waals surface area contributed by atoms with Crippen molar-refractivity contribution in [1.29, 1.82) is 0 Å². The van der Waals surface area contributed by atoms with Gasteiger partial charge in [-0.3, -0.25) is 4.79 Å². The van der Waals surface area contributed by atoms with E-state index in [9.17, 15) is 4.79 Å². The molecule has 0 spiro atoms. The minimum Gasteiger partial charge on any atom is -0.437 e. The summed E-state index contributed by atoms with van der Waals surface area (Å²) in [6.45, 7) is 3.64. The van der Waals surface area contributed by atoms with Crippen molar-refractivity contribution in [3.05, 3.63) is 53.3 Å². The number of aromatic nitrogens is 5. The highest BCUT2D eigenvalue weighted by atomic mass is 16.3. The van der Waals surface area contributed by atoms with Crippen LogP contribution in [0.4, 0.5) is 0 Å². The van der Waals surface area contributed by atoms with Gasteiger partial charge in [0.25, 0.3) is 0 Å². The molecule has 3 heterocycles. The van der Waals surface area contributed by atoms with Crippen LogP contribution in [0.25, 0.3) is 39.7 Å². The first-order valence-corrected chi connectivity index (χ1v) is 6.50. The molecular formula is C15H9N5O2. The smallest absolute Gasteiger partial charge is 0.230 e. The van der Waals surface area contributed by atoms with Crippen LogP contribution in [-0.4, -0.2) is 25.2 Å². The molecule has 0 N–H and O–H groups in total. The first-order chi connectivity index (χ1) is 10.8. The lowest BCUT2D eigenvalue weighted by Gasteiger charge is -2.03. The fourth-order valence-corrected chi connectivity index (χ4v) is 2.34. The quantitative estimate of drug-likeness (QED) is 0.526. The summed E-state index contributed by atoms with van der Waals surface area (Å²) in [6.07, 6.45) is 3.08. The Bertz CT molecular complexity index is 1080. The zero-order valence-electron chi connectivity index (χ0n) is 11.3. The molecule has 0 aliphatic rings. The van der Waals surface area contributed by atoms with Crippen LogP contribution in [0.2, 0.25) is 0 Å². The van der Waals surface area contributed by atoms with Crippen molar-refractivity contribution in [1.82, 2.24) is 25.2 Å². The molecule has 1 aromatic carbocycles. The average molecular weight is 291 g/mol. The standard InChI is InChI=1S/C15H9N5O2/c1-2-20-14(17-18-19-20)9-5-6-12-11(8-9)13(21)10-4-3-7-16-15(10)22-12/h2-8H,1H2. The van der Waals surface area contributed by atoms with E-state index >= 15 is 0 Å². The van der Waals surface area contributed by atoms with Gasteiger partial charge in [0, 0.05) is 18.0 Å². The molecule has 0 aliphatic heterocycles. The van der Waals surface area contributed by atoms with E-state index in [2.05, 4.69) is 27.1 Å². The Balaban J connectivity index is 2.05. The molecular weight excluding hydrogens is 282 g/mol. The Morgan fingerprint density at radius 2 is 2.14 bits per heavy atom. The Morgan fingerprint density at radius 3 is 3.00 bits per heavy atom. The van der Waals surface area contributed by atoms with Crippen LogP contribution < -0.4 is 5.43 Å². The van der Waals surface area contributed by atoms with Crippen LogP contribution in [-0.2, 0) is 0 Å². The van der Waals surface area contributed by atoms with E-state index in [1.165, 1.54) is 10.9 Å².